The first-order valence-corrected chi connectivity index (χ1v) is 7.29. The maximum atomic E-state index is 13.0. The van der Waals surface area contributed by atoms with Crippen molar-refractivity contribution < 1.29 is 9.18 Å². The molecular weight excluding hydrogens is 312 g/mol. The second-order valence-corrected chi connectivity index (χ2v) is 6.01. The van der Waals surface area contributed by atoms with E-state index in [0.29, 0.717) is 10.7 Å². The molecule has 0 unspecified atom stereocenters. The summed E-state index contributed by atoms with van der Waals surface area (Å²) in [5, 5.41) is 3.61. The van der Waals surface area contributed by atoms with Crippen LogP contribution in [0, 0.1) is 5.82 Å². The number of anilines is 1. The number of rotatable bonds is 3. The van der Waals surface area contributed by atoms with Gasteiger partial charge in [-0.3, -0.25) is 4.79 Å². The van der Waals surface area contributed by atoms with Gasteiger partial charge >= 0.3 is 0 Å². The van der Waals surface area contributed by atoms with Crippen molar-refractivity contribution in [3.8, 4) is 0 Å². The Morgan fingerprint density at radius 3 is 2.33 bits per heavy atom. The van der Waals surface area contributed by atoms with Gasteiger partial charge in [-0.15, -0.1) is 0 Å². The predicted octanol–water partition coefficient (Wildman–Crippen LogP) is 4.80. The van der Waals surface area contributed by atoms with Crippen LogP contribution in [-0.4, -0.2) is 5.91 Å². The fourth-order valence-electron chi connectivity index (χ4n) is 2.37. The lowest BCUT2D eigenvalue weighted by Crippen LogP contribution is -2.27. The molecule has 1 aliphatic rings. The fraction of sp³-hybridized carbons (Fsp3) is 0.188. The van der Waals surface area contributed by atoms with Gasteiger partial charge in [0.15, 0.2) is 0 Å². The van der Waals surface area contributed by atoms with E-state index in [0.717, 1.165) is 18.4 Å². The highest BCUT2D eigenvalue weighted by atomic mass is 35.5. The van der Waals surface area contributed by atoms with Crippen LogP contribution in [-0.2, 0) is 10.2 Å². The average molecular weight is 324 g/mol. The van der Waals surface area contributed by atoms with Gasteiger partial charge in [-0.25, -0.2) is 4.39 Å². The van der Waals surface area contributed by atoms with E-state index in [2.05, 4.69) is 5.32 Å². The molecule has 0 radical (unpaired) electrons. The van der Waals surface area contributed by atoms with Gasteiger partial charge in [-0.2, -0.15) is 0 Å². The number of carbonyl (C=O) groups is 1. The number of halogens is 3. The van der Waals surface area contributed by atoms with Crippen LogP contribution in [0.4, 0.5) is 10.1 Å². The van der Waals surface area contributed by atoms with Gasteiger partial charge in [0.1, 0.15) is 5.82 Å². The van der Waals surface area contributed by atoms with Gasteiger partial charge < -0.3 is 5.32 Å². The van der Waals surface area contributed by atoms with E-state index in [4.69, 9.17) is 23.2 Å². The highest BCUT2D eigenvalue weighted by Crippen LogP contribution is 2.49. The quantitative estimate of drug-likeness (QED) is 0.863. The third-order valence-corrected chi connectivity index (χ3v) is 4.33. The molecule has 2 aromatic rings. The topological polar surface area (TPSA) is 29.1 Å². The monoisotopic (exact) mass is 323 g/mol. The molecule has 1 fully saturated rings. The van der Waals surface area contributed by atoms with Gasteiger partial charge in [0, 0.05) is 5.02 Å². The molecule has 0 bridgehead atoms. The summed E-state index contributed by atoms with van der Waals surface area (Å²) in [5.74, 6) is -0.560. The Kier molecular flexibility index (Phi) is 3.64. The van der Waals surface area contributed by atoms with E-state index in [1.54, 1.807) is 12.1 Å². The average Bonchev–Trinajstić information content (AvgIpc) is 3.24. The minimum atomic E-state index is -0.525. The molecule has 0 heterocycles. The Hall–Kier alpha value is -1.58. The second kappa shape index (κ2) is 5.32. The van der Waals surface area contributed by atoms with Crippen LogP contribution in [0.3, 0.4) is 0 Å². The molecule has 1 N–H and O–H groups in total. The lowest BCUT2D eigenvalue weighted by molar-refractivity contribution is -0.118. The zero-order valence-corrected chi connectivity index (χ0v) is 12.5. The first kappa shape index (κ1) is 14.4. The third-order valence-electron chi connectivity index (χ3n) is 3.76. The normalized spacial score (nSPS) is 15.6. The van der Waals surface area contributed by atoms with Crippen molar-refractivity contribution in [3.05, 3.63) is 63.9 Å². The van der Waals surface area contributed by atoms with E-state index in [1.165, 1.54) is 18.2 Å². The lowest BCUT2D eigenvalue weighted by atomic mass is 9.95. The van der Waals surface area contributed by atoms with Gasteiger partial charge in [0.25, 0.3) is 0 Å². The summed E-state index contributed by atoms with van der Waals surface area (Å²) in [6, 6.07) is 11.2. The van der Waals surface area contributed by atoms with E-state index in [-0.39, 0.29) is 10.9 Å². The minimum Gasteiger partial charge on any atom is -0.324 e. The Balaban J connectivity index is 1.83. The van der Waals surface area contributed by atoms with E-state index in [1.807, 2.05) is 12.1 Å². The molecule has 0 atom stereocenters. The number of hydrogen-bond donors (Lipinski definition) is 1. The zero-order valence-electron chi connectivity index (χ0n) is 11.0. The molecule has 0 saturated heterocycles. The number of benzene rings is 2. The molecular formula is C16H12Cl2FNO. The molecule has 0 spiro atoms. The van der Waals surface area contributed by atoms with Crippen molar-refractivity contribution in [2.75, 3.05) is 5.32 Å². The molecule has 0 aliphatic heterocycles. The summed E-state index contributed by atoms with van der Waals surface area (Å²) in [4.78, 5) is 12.5. The molecule has 1 aliphatic carbocycles. The van der Waals surface area contributed by atoms with Gasteiger partial charge in [0.2, 0.25) is 5.91 Å². The zero-order chi connectivity index (χ0) is 15.0. The molecule has 0 aromatic heterocycles. The fourth-order valence-corrected chi connectivity index (χ4v) is 2.71. The summed E-state index contributed by atoms with van der Waals surface area (Å²) in [5.41, 5.74) is 0.827. The Labute approximate surface area is 131 Å². The lowest BCUT2D eigenvalue weighted by Gasteiger charge is -2.16. The Bertz CT molecular complexity index is 696. The first-order chi connectivity index (χ1) is 10.0. The molecule has 108 valence electrons. The first-order valence-electron chi connectivity index (χ1n) is 6.54. The highest BCUT2D eigenvalue weighted by molar-refractivity contribution is 6.33. The van der Waals surface area contributed by atoms with Crippen molar-refractivity contribution >= 4 is 34.8 Å². The van der Waals surface area contributed by atoms with Crippen LogP contribution >= 0.6 is 23.2 Å². The maximum absolute atomic E-state index is 13.0. The number of amides is 1. The molecule has 21 heavy (non-hydrogen) atoms. The summed E-state index contributed by atoms with van der Waals surface area (Å²) >= 11 is 11.8. The number of carbonyl (C=O) groups excluding carboxylic acids is 1. The third kappa shape index (κ3) is 2.76. The van der Waals surface area contributed by atoms with Crippen LogP contribution in [0.15, 0.2) is 42.5 Å². The van der Waals surface area contributed by atoms with Crippen molar-refractivity contribution in [1.29, 1.82) is 0 Å². The maximum Gasteiger partial charge on any atom is 0.235 e. The number of hydrogen-bond acceptors (Lipinski definition) is 1. The number of nitrogens with one attached hydrogen (secondary N) is 1. The predicted molar refractivity (Wildman–Crippen MR) is 82.4 cm³/mol. The van der Waals surface area contributed by atoms with Crippen molar-refractivity contribution in [2.45, 2.75) is 18.3 Å². The van der Waals surface area contributed by atoms with Gasteiger partial charge in [-0.1, -0.05) is 35.3 Å². The SMILES string of the molecule is O=C(Nc1ccc(F)cc1Cl)C1(c2ccc(Cl)cc2)CC1. The van der Waals surface area contributed by atoms with Crippen LogP contribution in [0.1, 0.15) is 18.4 Å². The smallest absolute Gasteiger partial charge is 0.235 e. The van der Waals surface area contributed by atoms with Crippen molar-refractivity contribution in [1.82, 2.24) is 0 Å². The molecule has 2 aromatic carbocycles. The van der Waals surface area contributed by atoms with E-state index in [9.17, 15) is 9.18 Å². The molecule has 1 amide bonds. The van der Waals surface area contributed by atoms with Gasteiger partial charge in [0.05, 0.1) is 16.1 Å². The van der Waals surface area contributed by atoms with E-state index < -0.39 is 11.2 Å². The van der Waals surface area contributed by atoms with Crippen LogP contribution in [0.2, 0.25) is 10.0 Å². The van der Waals surface area contributed by atoms with E-state index >= 15 is 0 Å². The highest BCUT2D eigenvalue weighted by Gasteiger charge is 2.51. The Morgan fingerprint density at radius 1 is 1.10 bits per heavy atom. The summed E-state index contributed by atoms with van der Waals surface area (Å²) in [7, 11) is 0. The largest absolute Gasteiger partial charge is 0.324 e. The standard InChI is InChI=1S/C16H12Cl2FNO/c17-11-3-1-10(2-4-11)16(7-8-16)15(21)20-14-6-5-12(19)9-13(14)18/h1-6,9H,7-8H2,(H,20,21). The van der Waals surface area contributed by atoms with Crippen molar-refractivity contribution in [3.63, 3.8) is 0 Å². The molecule has 5 heteroatoms. The molecule has 1 saturated carbocycles. The van der Waals surface area contributed by atoms with Crippen LogP contribution in [0.25, 0.3) is 0 Å². The summed E-state index contributed by atoms with van der Waals surface area (Å²) in [6.45, 7) is 0. The summed E-state index contributed by atoms with van der Waals surface area (Å²) in [6.07, 6.45) is 1.55. The molecule has 2 nitrogen and oxygen atoms in total. The molecule has 3 rings (SSSR count). The summed E-state index contributed by atoms with van der Waals surface area (Å²) < 4.78 is 13.0. The second-order valence-electron chi connectivity index (χ2n) is 5.17. The Morgan fingerprint density at radius 2 is 1.76 bits per heavy atom. The van der Waals surface area contributed by atoms with Crippen LogP contribution < -0.4 is 5.32 Å². The van der Waals surface area contributed by atoms with Gasteiger partial charge in [-0.05, 0) is 48.7 Å². The minimum absolute atomic E-state index is 0.127. The van der Waals surface area contributed by atoms with Crippen molar-refractivity contribution in [2.24, 2.45) is 0 Å². The van der Waals surface area contributed by atoms with Crippen LogP contribution in [0.5, 0.6) is 0 Å².